The van der Waals surface area contributed by atoms with Crippen molar-refractivity contribution in [3.05, 3.63) is 78.0 Å². The van der Waals surface area contributed by atoms with Crippen LogP contribution in [0.15, 0.2) is 72.5 Å². The Kier molecular flexibility index (Phi) is 7.47. The number of hydrogen-bond acceptors (Lipinski definition) is 5. The minimum atomic E-state index is -4.79. The van der Waals surface area contributed by atoms with Gasteiger partial charge in [-0.1, -0.05) is 36.4 Å². The molecule has 32 heavy (non-hydrogen) atoms. The average Bonchev–Trinajstić information content (AvgIpc) is 2.73. The van der Waals surface area contributed by atoms with Gasteiger partial charge in [0.25, 0.3) is 0 Å². The summed E-state index contributed by atoms with van der Waals surface area (Å²) >= 11 is 0. The maximum atomic E-state index is 12.5. The Hall–Kier alpha value is -2.98. The SMILES string of the molecule is COc1ccccc1Oc1cccc(CNCC2=CN(S(=O)(=O)CC(F)(F)F)CC=C2)c1. The third-order valence-electron chi connectivity index (χ3n) is 4.48. The summed E-state index contributed by atoms with van der Waals surface area (Å²) < 4.78 is 73.4. The highest BCUT2D eigenvalue weighted by atomic mass is 32.2. The van der Waals surface area contributed by atoms with Crippen molar-refractivity contribution in [3.63, 3.8) is 0 Å². The molecule has 10 heteroatoms. The van der Waals surface area contributed by atoms with Crippen LogP contribution in [0.1, 0.15) is 5.56 Å². The Labute approximate surface area is 185 Å². The average molecular weight is 468 g/mol. The van der Waals surface area contributed by atoms with Crippen molar-refractivity contribution >= 4 is 10.0 Å². The fraction of sp³-hybridized carbons (Fsp3) is 0.273. The van der Waals surface area contributed by atoms with Crippen LogP contribution in [-0.4, -0.2) is 44.9 Å². The number of benzene rings is 2. The van der Waals surface area contributed by atoms with Gasteiger partial charge in [-0.3, -0.25) is 4.31 Å². The van der Waals surface area contributed by atoms with Crippen LogP contribution in [0.3, 0.4) is 0 Å². The van der Waals surface area contributed by atoms with Gasteiger partial charge in [-0.25, -0.2) is 8.42 Å². The second-order valence-electron chi connectivity index (χ2n) is 7.05. The molecule has 2 aromatic rings. The Balaban J connectivity index is 1.59. The number of sulfonamides is 1. The first-order valence-electron chi connectivity index (χ1n) is 9.70. The Morgan fingerprint density at radius 2 is 1.81 bits per heavy atom. The van der Waals surface area contributed by atoms with Crippen LogP contribution in [0, 0.1) is 0 Å². The molecule has 2 aromatic carbocycles. The lowest BCUT2D eigenvalue weighted by atomic mass is 10.2. The molecule has 0 bridgehead atoms. The zero-order valence-corrected chi connectivity index (χ0v) is 18.1. The molecule has 0 fully saturated rings. The number of ether oxygens (including phenoxy) is 2. The van der Waals surface area contributed by atoms with E-state index in [9.17, 15) is 21.6 Å². The summed E-state index contributed by atoms with van der Waals surface area (Å²) in [6, 6.07) is 14.7. The zero-order valence-electron chi connectivity index (χ0n) is 17.3. The normalized spacial score (nSPS) is 14.2. The largest absolute Gasteiger partial charge is 0.493 e. The smallest absolute Gasteiger partial charge is 0.404 e. The molecule has 1 N–H and O–H groups in total. The number of nitrogens with zero attached hydrogens (tertiary/aromatic N) is 1. The number of rotatable bonds is 9. The fourth-order valence-corrected chi connectivity index (χ4v) is 4.27. The molecule has 3 rings (SSSR count). The molecule has 0 spiro atoms. The summed E-state index contributed by atoms with van der Waals surface area (Å²) in [6.45, 7) is 0.611. The summed E-state index contributed by atoms with van der Waals surface area (Å²) in [6.07, 6.45) is -0.348. The molecule has 1 aliphatic heterocycles. The predicted molar refractivity (Wildman–Crippen MR) is 115 cm³/mol. The quantitative estimate of drug-likeness (QED) is 0.597. The number of halogens is 3. The second kappa shape index (κ2) is 10.1. The lowest BCUT2D eigenvalue weighted by Crippen LogP contribution is -2.36. The van der Waals surface area contributed by atoms with Crippen LogP contribution < -0.4 is 14.8 Å². The molecule has 0 atom stereocenters. The van der Waals surface area contributed by atoms with Gasteiger partial charge in [0.2, 0.25) is 10.0 Å². The van der Waals surface area contributed by atoms with Gasteiger partial charge in [0.15, 0.2) is 17.3 Å². The first kappa shape index (κ1) is 23.7. The van der Waals surface area contributed by atoms with Crippen molar-refractivity contribution in [3.8, 4) is 17.2 Å². The molecule has 0 saturated carbocycles. The number of para-hydroxylation sites is 2. The van der Waals surface area contributed by atoms with Crippen molar-refractivity contribution in [2.24, 2.45) is 0 Å². The maximum absolute atomic E-state index is 12.5. The van der Waals surface area contributed by atoms with Crippen LogP contribution in [0.4, 0.5) is 13.2 Å². The zero-order chi connectivity index (χ0) is 23.2. The lowest BCUT2D eigenvalue weighted by Gasteiger charge is -2.23. The van der Waals surface area contributed by atoms with E-state index in [1.165, 1.54) is 12.3 Å². The van der Waals surface area contributed by atoms with Gasteiger partial charge >= 0.3 is 6.18 Å². The van der Waals surface area contributed by atoms with E-state index in [-0.39, 0.29) is 13.1 Å². The van der Waals surface area contributed by atoms with Gasteiger partial charge in [0, 0.05) is 19.3 Å². The Morgan fingerprint density at radius 1 is 1.06 bits per heavy atom. The minimum absolute atomic E-state index is 0.121. The molecule has 0 saturated heterocycles. The first-order chi connectivity index (χ1) is 15.2. The van der Waals surface area contributed by atoms with E-state index in [2.05, 4.69) is 5.32 Å². The summed E-state index contributed by atoms with van der Waals surface area (Å²) in [5, 5.41) is 3.16. The van der Waals surface area contributed by atoms with Crippen molar-refractivity contribution in [1.29, 1.82) is 0 Å². The summed E-state index contributed by atoms with van der Waals surface area (Å²) in [5.41, 5.74) is 1.47. The standard InChI is InChI=1S/C22H23F3N2O4S/c1-30-20-9-2-3-10-21(20)31-19-8-4-6-17(12-19)13-26-14-18-7-5-11-27(15-18)32(28,29)16-22(23,24)25/h2-10,12,15,26H,11,13-14,16H2,1H3. The maximum Gasteiger partial charge on any atom is 0.404 e. The van der Waals surface area contributed by atoms with Crippen LogP contribution in [0.5, 0.6) is 17.2 Å². The number of hydrogen-bond donors (Lipinski definition) is 1. The van der Waals surface area contributed by atoms with E-state index in [0.717, 1.165) is 9.87 Å². The molecule has 1 aliphatic rings. The van der Waals surface area contributed by atoms with Gasteiger partial charge in [-0.05, 0) is 35.4 Å². The van der Waals surface area contributed by atoms with E-state index < -0.39 is 22.0 Å². The van der Waals surface area contributed by atoms with E-state index in [1.807, 2.05) is 36.4 Å². The highest BCUT2D eigenvalue weighted by Gasteiger charge is 2.37. The first-order valence-corrected chi connectivity index (χ1v) is 11.3. The molecule has 0 unspecified atom stereocenters. The van der Waals surface area contributed by atoms with Crippen LogP contribution in [-0.2, 0) is 16.6 Å². The van der Waals surface area contributed by atoms with Gasteiger partial charge in [-0.2, -0.15) is 13.2 Å². The van der Waals surface area contributed by atoms with Crippen LogP contribution in [0.25, 0.3) is 0 Å². The van der Waals surface area contributed by atoms with Crippen molar-refractivity contribution in [2.45, 2.75) is 12.7 Å². The summed E-state index contributed by atoms with van der Waals surface area (Å²) in [5.74, 6) is -0.0748. The molecule has 1 heterocycles. The monoisotopic (exact) mass is 468 g/mol. The van der Waals surface area contributed by atoms with Gasteiger partial charge in [0.1, 0.15) is 5.75 Å². The lowest BCUT2D eigenvalue weighted by molar-refractivity contribution is -0.106. The summed E-state index contributed by atoms with van der Waals surface area (Å²) in [4.78, 5) is 0. The second-order valence-corrected chi connectivity index (χ2v) is 8.97. The molecule has 0 aliphatic carbocycles. The van der Waals surface area contributed by atoms with E-state index in [0.29, 0.717) is 29.4 Å². The molecule has 0 radical (unpaired) electrons. The van der Waals surface area contributed by atoms with E-state index in [4.69, 9.17) is 9.47 Å². The van der Waals surface area contributed by atoms with Crippen LogP contribution in [0.2, 0.25) is 0 Å². The van der Waals surface area contributed by atoms with Crippen LogP contribution >= 0.6 is 0 Å². The Morgan fingerprint density at radius 3 is 2.53 bits per heavy atom. The fourth-order valence-electron chi connectivity index (χ4n) is 3.08. The summed E-state index contributed by atoms with van der Waals surface area (Å²) in [7, 11) is -2.90. The molecular formula is C22H23F3N2O4S. The highest BCUT2D eigenvalue weighted by molar-refractivity contribution is 7.89. The van der Waals surface area contributed by atoms with Gasteiger partial charge in [-0.15, -0.1) is 0 Å². The van der Waals surface area contributed by atoms with E-state index >= 15 is 0 Å². The minimum Gasteiger partial charge on any atom is -0.493 e. The topological polar surface area (TPSA) is 67.9 Å². The Bertz CT molecular complexity index is 1100. The molecular weight excluding hydrogens is 445 g/mol. The van der Waals surface area contributed by atoms with Crippen molar-refractivity contribution in [2.75, 3.05) is 26.0 Å². The predicted octanol–water partition coefficient (Wildman–Crippen LogP) is 4.22. The van der Waals surface area contributed by atoms with Crippen molar-refractivity contribution < 1.29 is 31.1 Å². The molecule has 6 nitrogen and oxygen atoms in total. The number of alkyl halides is 3. The molecule has 172 valence electrons. The highest BCUT2D eigenvalue weighted by Crippen LogP contribution is 2.31. The van der Waals surface area contributed by atoms with Gasteiger partial charge in [0.05, 0.1) is 13.7 Å². The molecule has 0 amide bonds. The number of nitrogens with one attached hydrogen (secondary N) is 1. The number of methoxy groups -OCH3 is 1. The van der Waals surface area contributed by atoms with E-state index in [1.54, 1.807) is 25.3 Å². The third-order valence-corrected chi connectivity index (χ3v) is 6.15. The molecule has 0 aromatic heterocycles. The third kappa shape index (κ3) is 6.76. The van der Waals surface area contributed by atoms with Crippen molar-refractivity contribution in [1.82, 2.24) is 9.62 Å². The van der Waals surface area contributed by atoms with Gasteiger partial charge < -0.3 is 14.8 Å².